The fourth-order valence-electron chi connectivity index (χ4n) is 12.3. The molecule has 0 radical (unpaired) electrons. The first-order valence-corrected chi connectivity index (χ1v) is 29.4. The van der Waals surface area contributed by atoms with Crippen LogP contribution in [0, 0.1) is 0 Å². The molecule has 0 nitrogen and oxygen atoms in total. The fraction of sp³-hybridized carbons (Fsp3) is 0.0959. The van der Waals surface area contributed by atoms with Gasteiger partial charge in [0, 0.05) is 0 Å². The maximum atomic E-state index is 2.67. The number of hydrogen-bond acceptors (Lipinski definition) is 0. The molecule has 5 heteroatoms. The van der Waals surface area contributed by atoms with Gasteiger partial charge in [-0.15, -0.1) is 0 Å². The molecule has 1 aliphatic carbocycles. The summed E-state index contributed by atoms with van der Waals surface area (Å²) in [5.74, 6) is 0. The van der Waals surface area contributed by atoms with Crippen LogP contribution < -0.4 is 56.6 Å². The second-order valence-corrected chi connectivity index (χ2v) is 25.5. The molecule has 0 saturated carbocycles. The summed E-state index contributed by atoms with van der Waals surface area (Å²) in [5.41, 5.74) is 21.8. The Labute approximate surface area is 493 Å². The van der Waals surface area contributed by atoms with Gasteiger partial charge in [0.05, 0.1) is 0 Å². The molecule has 1 unspecified atom stereocenters. The standard InChI is InChI=1S/C73H59Si.3ClH.Ti/c1-7-23-54(24-8-1)39-60-45-61(40-55-25-9-2-10-26-55)49-66(48-60)74(73-71-37-21-19-35-69(71)70-36-20-22-38-72(70)73,67-50-62(41-56-27-11-3-12-28-56)46-63(51-67)42-57-29-13-4-14-30-57)68-52-64(43-58-31-15-5-16-32-58)47-65(53-68)44-59-33-17-6-18-34-59;;;;/h1-37,45-53,73H,39-44H2;3*1H;/q;;;;+3/p-3. The van der Waals surface area contributed by atoms with Gasteiger partial charge in [-0.2, -0.15) is 0 Å². The summed E-state index contributed by atoms with van der Waals surface area (Å²) in [6, 6.07) is 107. The van der Waals surface area contributed by atoms with Gasteiger partial charge in [0.15, 0.2) is 0 Å². The summed E-state index contributed by atoms with van der Waals surface area (Å²) in [6.45, 7) is 0. The molecule has 1 atom stereocenters. The van der Waals surface area contributed by atoms with Gasteiger partial charge in [-0.1, -0.05) is 0 Å². The van der Waals surface area contributed by atoms with E-state index < -0.39 is 8.07 Å². The minimum atomic E-state index is -3.42. The first-order chi connectivity index (χ1) is 37.0. The van der Waals surface area contributed by atoms with Crippen molar-refractivity contribution in [1.29, 1.82) is 0 Å². The Balaban J connectivity index is 0.00000247. The van der Waals surface area contributed by atoms with Gasteiger partial charge in [-0.25, -0.2) is 0 Å². The molecule has 0 aromatic heterocycles. The van der Waals surface area contributed by atoms with E-state index in [1.807, 2.05) is 0 Å². The number of fused-ring (bicyclic) bond motifs is 3. The summed E-state index contributed by atoms with van der Waals surface area (Å²) < 4.78 is 1.35. The zero-order chi connectivity index (χ0) is 50.4. The first kappa shape index (κ1) is 56.0. The molecule has 11 aromatic rings. The molecular formula is C73H59Cl3SiTi. The monoisotopic (exact) mass is 1120 g/mol. The van der Waals surface area contributed by atoms with Crippen molar-refractivity contribution in [1.82, 2.24) is 0 Å². The first-order valence-electron chi connectivity index (χ1n) is 26.6. The zero-order valence-corrected chi connectivity index (χ0v) is 48.3. The summed E-state index contributed by atoms with van der Waals surface area (Å²) >= 11 is 2.38. The summed E-state index contributed by atoms with van der Waals surface area (Å²) in [6.07, 6.45) is 5.07. The number of halogens is 3. The van der Waals surface area contributed by atoms with Crippen LogP contribution >= 0.6 is 0 Å². The van der Waals surface area contributed by atoms with E-state index in [2.05, 4.69) is 299 Å². The van der Waals surface area contributed by atoms with Crippen molar-refractivity contribution in [2.24, 2.45) is 0 Å². The van der Waals surface area contributed by atoms with Crippen LogP contribution in [-0.2, 0) is 59.0 Å². The number of benzene rings is 11. The molecule has 0 N–H and O–H groups in total. The van der Waals surface area contributed by atoms with Crippen molar-refractivity contribution < 1.29 is 57.7 Å². The molecule has 380 valence electrons. The van der Waals surface area contributed by atoms with Gasteiger partial charge in [0.2, 0.25) is 0 Å². The van der Waals surface area contributed by atoms with Crippen molar-refractivity contribution in [3.8, 4) is 11.1 Å². The molecule has 12 rings (SSSR count). The molecule has 0 bridgehead atoms. The predicted molar refractivity (Wildman–Crippen MR) is 313 cm³/mol. The van der Waals surface area contributed by atoms with Crippen molar-refractivity contribution in [3.05, 3.63) is 357 Å². The van der Waals surface area contributed by atoms with Crippen LogP contribution in [0.3, 0.4) is 0 Å². The molecule has 0 heterocycles. The molecule has 78 heavy (non-hydrogen) atoms. The van der Waals surface area contributed by atoms with Crippen LogP contribution in [-0.4, -0.2) is 8.07 Å². The van der Waals surface area contributed by atoms with Crippen LogP contribution in [0.15, 0.2) is 279 Å². The van der Waals surface area contributed by atoms with Crippen molar-refractivity contribution >= 4 is 27.5 Å². The van der Waals surface area contributed by atoms with Gasteiger partial charge in [-0.3, -0.25) is 0 Å². The third-order valence-electron chi connectivity index (χ3n) is 15.4. The van der Waals surface area contributed by atoms with Gasteiger partial charge in [0.1, 0.15) is 0 Å². The van der Waals surface area contributed by atoms with E-state index in [1.165, 1.54) is 108 Å². The van der Waals surface area contributed by atoms with Crippen LogP contribution in [0.2, 0.25) is 0 Å². The van der Waals surface area contributed by atoms with E-state index >= 15 is 0 Å². The molecule has 1 aliphatic rings. The molecular weight excluding hydrogens is 1060 g/mol. The molecule has 0 fully saturated rings. The van der Waals surface area contributed by atoms with E-state index in [9.17, 15) is 0 Å². The van der Waals surface area contributed by atoms with E-state index in [0.717, 1.165) is 38.5 Å². The summed E-state index contributed by atoms with van der Waals surface area (Å²) in [5, 5.41) is 4.38. The van der Waals surface area contributed by atoms with Gasteiger partial charge in [0.25, 0.3) is 0 Å². The van der Waals surface area contributed by atoms with Crippen LogP contribution in [0.5, 0.6) is 0 Å². The van der Waals surface area contributed by atoms with Crippen molar-refractivity contribution in [3.63, 3.8) is 0 Å². The minimum absolute atomic E-state index is 0. The summed E-state index contributed by atoms with van der Waals surface area (Å²) in [4.78, 5) is 0. The van der Waals surface area contributed by atoms with Gasteiger partial charge < -0.3 is 37.2 Å². The topological polar surface area (TPSA) is 0 Å². The van der Waals surface area contributed by atoms with E-state index in [0.29, 0.717) is 0 Å². The predicted octanol–water partition coefficient (Wildman–Crippen LogP) is 5.24. The fourth-order valence-corrected chi connectivity index (χ4v) is 19.0. The Bertz CT molecular complexity index is 3230. The van der Waals surface area contributed by atoms with Gasteiger partial charge in [-0.05, 0) is 0 Å². The Morgan fingerprint density at radius 1 is 0.256 bits per heavy atom. The second-order valence-electron chi connectivity index (χ2n) is 20.7. The quantitative estimate of drug-likeness (QED) is 0.0920. The van der Waals surface area contributed by atoms with Crippen molar-refractivity contribution in [2.45, 2.75) is 44.1 Å². The Hall–Kier alpha value is -6.78. The maximum absolute atomic E-state index is 3.42. The third kappa shape index (κ3) is 12.2. The molecule has 0 amide bonds. The zero-order valence-electron chi connectivity index (χ0n) is 43.5. The molecule has 0 saturated heterocycles. The molecule has 0 spiro atoms. The normalized spacial score (nSPS) is 12.3. The Morgan fingerprint density at radius 3 is 0.808 bits per heavy atom. The Kier molecular flexibility index (Phi) is 18.5. The molecule has 0 aliphatic heterocycles. The average molecular weight is 1120 g/mol. The number of rotatable bonds is 16. The second kappa shape index (κ2) is 25.8. The van der Waals surface area contributed by atoms with E-state index in [1.54, 1.807) is 0 Å². The summed E-state index contributed by atoms with van der Waals surface area (Å²) in [7, 11) is -3.42. The molecule has 11 aromatic carbocycles. The average Bonchev–Trinajstić information content (AvgIpc) is 3.98. The van der Waals surface area contributed by atoms with Crippen LogP contribution in [0.1, 0.15) is 83.4 Å². The van der Waals surface area contributed by atoms with Gasteiger partial charge >= 0.3 is 460 Å². The third-order valence-corrected chi connectivity index (χ3v) is 21.2. The number of hydrogen-bond donors (Lipinski definition) is 0. The van der Waals surface area contributed by atoms with Crippen LogP contribution in [0.25, 0.3) is 11.1 Å². The van der Waals surface area contributed by atoms with Crippen molar-refractivity contribution in [2.75, 3.05) is 0 Å². The van der Waals surface area contributed by atoms with E-state index in [-0.39, 0.29) is 42.8 Å². The van der Waals surface area contributed by atoms with E-state index in [4.69, 9.17) is 0 Å². The van der Waals surface area contributed by atoms with Crippen LogP contribution in [0.4, 0.5) is 0 Å². The SMILES string of the molecule is [Cl-].[Cl-].[Cl-].[Ti+3][c]1cccc2c1C([Si](c1cc(Cc3ccccc3)cc(Cc3ccccc3)c1)(c1cc(Cc3ccccc3)cc(Cc3ccccc3)c1)c1cc(Cc3ccccc3)cc(Cc3ccccc3)c1)c1ccccc1-2. The Morgan fingerprint density at radius 2 is 0.513 bits per heavy atom.